The van der Waals surface area contributed by atoms with E-state index in [1.54, 1.807) is 0 Å². The Labute approximate surface area is 103 Å². The lowest BCUT2D eigenvalue weighted by molar-refractivity contribution is 0.285. The molecule has 3 nitrogen and oxygen atoms in total. The van der Waals surface area contributed by atoms with E-state index < -0.39 is 0 Å². The summed E-state index contributed by atoms with van der Waals surface area (Å²) in [6, 6.07) is 6.43. The number of nitrogens with two attached hydrogens (primary N) is 1. The van der Waals surface area contributed by atoms with Crippen LogP contribution in [0.2, 0.25) is 0 Å². The third-order valence-electron chi connectivity index (χ3n) is 3.13. The molecule has 1 aromatic heterocycles. The highest BCUT2D eigenvalue weighted by molar-refractivity contribution is 5.10. The molecule has 1 aliphatic carbocycles. The molecule has 3 heteroatoms. The molecule has 2 N–H and O–H groups in total. The van der Waals surface area contributed by atoms with Gasteiger partial charge in [0.05, 0.1) is 5.69 Å². The Kier molecular flexibility index (Phi) is 3.92. The summed E-state index contributed by atoms with van der Waals surface area (Å²) >= 11 is 0. The summed E-state index contributed by atoms with van der Waals surface area (Å²) in [5.74, 6) is 0.597. The van der Waals surface area contributed by atoms with Gasteiger partial charge in [-0.3, -0.25) is 9.88 Å². The Bertz CT molecular complexity index is 400. The molecule has 2 unspecified atom stereocenters. The van der Waals surface area contributed by atoms with Crippen LogP contribution in [-0.2, 0) is 6.54 Å². The van der Waals surface area contributed by atoms with Crippen LogP contribution >= 0.6 is 0 Å². The minimum Gasteiger partial charge on any atom is -0.324 e. The van der Waals surface area contributed by atoms with Gasteiger partial charge in [-0.05, 0) is 38.4 Å². The van der Waals surface area contributed by atoms with Crippen molar-refractivity contribution < 1.29 is 0 Å². The van der Waals surface area contributed by atoms with Crippen LogP contribution in [0, 0.1) is 12.8 Å². The van der Waals surface area contributed by atoms with E-state index in [0.29, 0.717) is 5.92 Å². The summed E-state index contributed by atoms with van der Waals surface area (Å²) in [7, 11) is 2.14. The second-order valence-corrected chi connectivity index (χ2v) is 5.01. The molecule has 0 aromatic carbocycles. The van der Waals surface area contributed by atoms with Crippen LogP contribution in [0.4, 0.5) is 0 Å². The molecule has 2 atom stereocenters. The van der Waals surface area contributed by atoms with Gasteiger partial charge < -0.3 is 5.73 Å². The van der Waals surface area contributed by atoms with E-state index in [0.717, 1.165) is 30.9 Å². The Morgan fingerprint density at radius 2 is 2.24 bits per heavy atom. The molecule has 0 radical (unpaired) electrons. The molecule has 0 spiro atoms. The highest BCUT2D eigenvalue weighted by atomic mass is 15.1. The Morgan fingerprint density at radius 1 is 1.41 bits per heavy atom. The zero-order valence-electron chi connectivity index (χ0n) is 10.6. The first-order valence-electron chi connectivity index (χ1n) is 6.18. The van der Waals surface area contributed by atoms with Crippen molar-refractivity contribution in [1.82, 2.24) is 9.88 Å². The second kappa shape index (κ2) is 5.43. The number of nitrogens with zero attached hydrogens (tertiary/aromatic N) is 2. The van der Waals surface area contributed by atoms with Gasteiger partial charge in [0.2, 0.25) is 0 Å². The SMILES string of the molecule is Cc1cccc(CN(C)CC2C=CC(N)C2)n1. The van der Waals surface area contributed by atoms with Gasteiger partial charge in [-0.1, -0.05) is 18.2 Å². The Morgan fingerprint density at radius 3 is 2.88 bits per heavy atom. The molecule has 0 amide bonds. The number of rotatable bonds is 4. The van der Waals surface area contributed by atoms with Crippen molar-refractivity contribution in [3.8, 4) is 0 Å². The monoisotopic (exact) mass is 231 g/mol. The van der Waals surface area contributed by atoms with Gasteiger partial charge in [0, 0.05) is 24.8 Å². The molecule has 0 bridgehead atoms. The fraction of sp³-hybridized carbons (Fsp3) is 0.500. The van der Waals surface area contributed by atoms with Crippen LogP contribution < -0.4 is 5.73 Å². The highest BCUT2D eigenvalue weighted by Gasteiger charge is 2.17. The fourth-order valence-corrected chi connectivity index (χ4v) is 2.37. The van der Waals surface area contributed by atoms with Crippen LogP contribution in [-0.4, -0.2) is 29.5 Å². The second-order valence-electron chi connectivity index (χ2n) is 5.01. The number of pyridine rings is 1. The zero-order valence-corrected chi connectivity index (χ0v) is 10.6. The van der Waals surface area contributed by atoms with E-state index in [9.17, 15) is 0 Å². The largest absolute Gasteiger partial charge is 0.324 e. The van der Waals surface area contributed by atoms with Crippen LogP contribution in [0.5, 0.6) is 0 Å². The van der Waals surface area contributed by atoms with Crippen molar-refractivity contribution >= 4 is 0 Å². The van der Waals surface area contributed by atoms with Gasteiger partial charge in [-0.15, -0.1) is 0 Å². The lowest BCUT2D eigenvalue weighted by Crippen LogP contribution is -2.26. The summed E-state index contributed by atoms with van der Waals surface area (Å²) < 4.78 is 0. The molecule has 1 aliphatic rings. The van der Waals surface area contributed by atoms with Gasteiger partial charge in [-0.2, -0.15) is 0 Å². The predicted molar refractivity (Wildman–Crippen MR) is 70.5 cm³/mol. The van der Waals surface area contributed by atoms with Gasteiger partial charge in [-0.25, -0.2) is 0 Å². The highest BCUT2D eigenvalue weighted by Crippen LogP contribution is 2.17. The molecular weight excluding hydrogens is 210 g/mol. The van der Waals surface area contributed by atoms with E-state index in [4.69, 9.17) is 5.73 Å². The standard InChI is InChI=1S/C14H21N3/c1-11-4-3-5-14(16-11)10-17(2)9-12-6-7-13(15)8-12/h3-7,12-13H,8-10,15H2,1-2H3. The molecule has 1 aromatic rings. The van der Waals surface area contributed by atoms with E-state index in [1.807, 2.05) is 13.0 Å². The average Bonchev–Trinajstić information content (AvgIpc) is 2.63. The van der Waals surface area contributed by atoms with Crippen molar-refractivity contribution in [1.29, 1.82) is 0 Å². The van der Waals surface area contributed by atoms with Crippen molar-refractivity contribution in [2.24, 2.45) is 11.7 Å². The minimum absolute atomic E-state index is 0.255. The third kappa shape index (κ3) is 3.65. The Balaban J connectivity index is 1.85. The average molecular weight is 231 g/mol. The van der Waals surface area contributed by atoms with Gasteiger partial charge in [0.25, 0.3) is 0 Å². The van der Waals surface area contributed by atoms with Gasteiger partial charge in [0.1, 0.15) is 0 Å². The first-order valence-corrected chi connectivity index (χ1v) is 6.18. The molecule has 2 rings (SSSR count). The maximum Gasteiger partial charge on any atom is 0.0547 e. The molecule has 92 valence electrons. The summed E-state index contributed by atoms with van der Waals surface area (Å²) in [6.07, 6.45) is 5.43. The summed E-state index contributed by atoms with van der Waals surface area (Å²) in [5.41, 5.74) is 8.08. The number of aryl methyl sites for hydroxylation is 1. The maximum atomic E-state index is 5.86. The van der Waals surface area contributed by atoms with Gasteiger partial charge >= 0.3 is 0 Å². The summed E-state index contributed by atoms with van der Waals surface area (Å²) in [5, 5.41) is 0. The van der Waals surface area contributed by atoms with Crippen molar-refractivity contribution in [3.05, 3.63) is 41.7 Å². The first kappa shape index (κ1) is 12.3. The maximum absolute atomic E-state index is 5.86. The lowest BCUT2D eigenvalue weighted by atomic mass is 10.1. The predicted octanol–water partition coefficient (Wildman–Crippen LogP) is 1.73. The van der Waals surface area contributed by atoms with Crippen LogP contribution in [0.25, 0.3) is 0 Å². The smallest absolute Gasteiger partial charge is 0.0547 e. The normalized spacial score (nSPS) is 23.5. The summed E-state index contributed by atoms with van der Waals surface area (Å²) in [4.78, 5) is 6.83. The van der Waals surface area contributed by atoms with Crippen molar-refractivity contribution in [2.45, 2.75) is 25.9 Å². The topological polar surface area (TPSA) is 42.1 Å². The van der Waals surface area contributed by atoms with Gasteiger partial charge in [0.15, 0.2) is 0 Å². The van der Waals surface area contributed by atoms with E-state index in [2.05, 4.69) is 41.2 Å². The minimum atomic E-state index is 0.255. The Hall–Kier alpha value is -1.19. The number of aromatic nitrogens is 1. The molecule has 0 saturated carbocycles. The van der Waals surface area contributed by atoms with Crippen molar-refractivity contribution in [3.63, 3.8) is 0 Å². The van der Waals surface area contributed by atoms with Crippen LogP contribution in [0.1, 0.15) is 17.8 Å². The fourth-order valence-electron chi connectivity index (χ4n) is 2.37. The zero-order chi connectivity index (χ0) is 12.3. The third-order valence-corrected chi connectivity index (χ3v) is 3.13. The number of hydrogen-bond donors (Lipinski definition) is 1. The molecular formula is C14H21N3. The first-order chi connectivity index (χ1) is 8.13. The van der Waals surface area contributed by atoms with E-state index in [-0.39, 0.29) is 6.04 Å². The van der Waals surface area contributed by atoms with Crippen molar-refractivity contribution in [2.75, 3.05) is 13.6 Å². The molecule has 1 heterocycles. The molecule has 0 fully saturated rings. The molecule has 17 heavy (non-hydrogen) atoms. The van der Waals surface area contributed by atoms with E-state index >= 15 is 0 Å². The lowest BCUT2D eigenvalue weighted by Gasteiger charge is -2.20. The van der Waals surface area contributed by atoms with Crippen LogP contribution in [0.3, 0.4) is 0 Å². The molecule has 0 saturated heterocycles. The summed E-state index contributed by atoms with van der Waals surface area (Å²) in [6.45, 7) is 3.99. The number of hydrogen-bond acceptors (Lipinski definition) is 3. The quantitative estimate of drug-likeness (QED) is 0.802. The molecule has 0 aliphatic heterocycles. The van der Waals surface area contributed by atoms with E-state index in [1.165, 1.54) is 0 Å². The van der Waals surface area contributed by atoms with Crippen LogP contribution in [0.15, 0.2) is 30.4 Å².